The molecule has 0 spiro atoms. The van der Waals surface area contributed by atoms with Gasteiger partial charge in [0.2, 0.25) is 0 Å². The topological polar surface area (TPSA) is 138 Å². The van der Waals surface area contributed by atoms with E-state index in [-0.39, 0.29) is 32.8 Å². The third-order valence-corrected chi connectivity index (χ3v) is 9.47. The van der Waals surface area contributed by atoms with Crippen LogP contribution in [0.1, 0.15) is 155 Å². The highest BCUT2D eigenvalue weighted by molar-refractivity contribution is 7.47. The summed E-state index contributed by atoms with van der Waals surface area (Å²) in [4.78, 5) is 22.4. The third-order valence-electron chi connectivity index (χ3n) is 8.48. The summed E-state index contributed by atoms with van der Waals surface area (Å²) in [6, 6.07) is 0. The first kappa shape index (κ1) is 52.5. The molecule has 0 aromatic heterocycles. The van der Waals surface area contributed by atoms with Gasteiger partial charge in [-0.3, -0.25) is 13.8 Å². The molecule has 0 saturated heterocycles. The van der Waals surface area contributed by atoms with Gasteiger partial charge in [-0.1, -0.05) is 170 Å². The van der Waals surface area contributed by atoms with Crippen LogP contribution in [0.4, 0.5) is 0 Å². The average molecular weight is 792 g/mol. The van der Waals surface area contributed by atoms with Crippen LogP contribution in [-0.2, 0) is 27.9 Å². The van der Waals surface area contributed by atoms with E-state index in [1.165, 1.54) is 83.5 Å². The van der Waals surface area contributed by atoms with Crippen molar-refractivity contribution in [2.45, 2.75) is 167 Å². The minimum Gasteiger partial charge on any atom is -0.498 e. The van der Waals surface area contributed by atoms with Crippen LogP contribution in [0, 0.1) is 0 Å². The summed E-state index contributed by atoms with van der Waals surface area (Å²) in [7, 11) is -4.33. The SMILES string of the molecule is CC/C=C\C/C=C\CC(O)/C=C/C=C\C/C=C\C/C=C\CCC(=O)O[C@H](CO/C=C/CCCCCCCCCCCCCCCC)COP(=O)(O)OCCN. The molecular formula is C45H78NO8P. The number of aliphatic hydroxyl groups is 1. The maximum Gasteiger partial charge on any atom is 0.472 e. The number of hydrogen-bond donors (Lipinski definition) is 3. The van der Waals surface area contributed by atoms with Gasteiger partial charge in [0, 0.05) is 13.0 Å². The number of phosphoric acid groups is 1. The van der Waals surface area contributed by atoms with Crippen LogP contribution in [0.3, 0.4) is 0 Å². The number of aliphatic hydroxyl groups excluding tert-OH is 1. The highest BCUT2D eigenvalue weighted by Crippen LogP contribution is 2.43. The monoisotopic (exact) mass is 792 g/mol. The van der Waals surface area contributed by atoms with E-state index in [1.54, 1.807) is 12.3 Å². The summed E-state index contributed by atoms with van der Waals surface area (Å²) in [5.41, 5.74) is 5.35. The van der Waals surface area contributed by atoms with Crippen molar-refractivity contribution in [3.8, 4) is 0 Å². The van der Waals surface area contributed by atoms with Crippen LogP contribution in [0.5, 0.6) is 0 Å². The summed E-state index contributed by atoms with van der Waals surface area (Å²) < 4.78 is 33.0. The zero-order chi connectivity index (χ0) is 40.3. The third kappa shape index (κ3) is 40.9. The van der Waals surface area contributed by atoms with Crippen molar-refractivity contribution in [1.29, 1.82) is 0 Å². The van der Waals surface area contributed by atoms with Crippen LogP contribution in [0.2, 0.25) is 0 Å². The number of rotatable bonds is 39. The Balaban J connectivity index is 4.31. The molecule has 0 saturated carbocycles. The fourth-order valence-electron chi connectivity index (χ4n) is 5.37. The Bertz CT molecular complexity index is 1130. The largest absolute Gasteiger partial charge is 0.498 e. The van der Waals surface area contributed by atoms with E-state index in [0.29, 0.717) is 12.8 Å². The highest BCUT2D eigenvalue weighted by Gasteiger charge is 2.25. The van der Waals surface area contributed by atoms with Gasteiger partial charge in [0.15, 0.2) is 6.10 Å². The molecule has 0 fully saturated rings. The van der Waals surface area contributed by atoms with E-state index in [1.807, 2.05) is 48.6 Å². The standard InChI is InChI=1S/C45H78NO8P/c1-3-5-7-9-11-12-13-14-15-16-17-20-23-26-30-34-39-51-41-44(42-53-55(49,50)52-40-38-46)54-45(48)37-33-29-25-22-19-18-21-24-28-32-36-43(47)35-31-27-10-8-6-4-2/h6,8,18-19,24-25,27-29,31-32,34,36,39,43-44,47H,3-5,7,9-17,20-23,26,30,33,35,37-38,40-42,46H2,1-2H3,(H,49,50)/b8-6-,19-18-,28-24-,29-25-,31-27-,36-32+,39-34+/t43?,44-/m1/s1. The second-order valence-corrected chi connectivity index (χ2v) is 15.2. The number of allylic oxidation sites excluding steroid dienone is 11. The number of hydrogen-bond acceptors (Lipinski definition) is 8. The maximum absolute atomic E-state index is 12.5. The van der Waals surface area contributed by atoms with Crippen molar-refractivity contribution >= 4 is 13.8 Å². The number of unbranched alkanes of at least 4 members (excludes halogenated alkanes) is 14. The van der Waals surface area contributed by atoms with Crippen molar-refractivity contribution in [3.63, 3.8) is 0 Å². The second kappa shape index (κ2) is 41.1. The molecule has 0 amide bonds. The van der Waals surface area contributed by atoms with Crippen LogP contribution in [-0.4, -0.2) is 54.5 Å². The molecule has 0 aromatic rings. The summed E-state index contributed by atoms with van der Waals surface area (Å²) in [6.45, 7) is 3.94. The number of carbonyl (C=O) groups is 1. The highest BCUT2D eigenvalue weighted by atomic mass is 31.2. The Morgan fingerprint density at radius 2 is 1.25 bits per heavy atom. The molecule has 4 N–H and O–H groups in total. The Morgan fingerprint density at radius 3 is 1.89 bits per heavy atom. The summed E-state index contributed by atoms with van der Waals surface area (Å²) in [5.74, 6) is -0.456. The summed E-state index contributed by atoms with van der Waals surface area (Å²) in [6.07, 6.45) is 50.2. The lowest BCUT2D eigenvalue weighted by atomic mass is 10.0. The molecule has 0 radical (unpaired) electrons. The van der Waals surface area contributed by atoms with Gasteiger partial charge in [0.05, 0.1) is 25.6 Å². The van der Waals surface area contributed by atoms with E-state index < -0.39 is 26.0 Å². The Hall–Kier alpha value is -2.52. The molecule has 2 unspecified atom stereocenters. The van der Waals surface area contributed by atoms with Crippen molar-refractivity contribution in [1.82, 2.24) is 0 Å². The number of carbonyl (C=O) groups excluding carboxylic acids is 1. The number of nitrogens with two attached hydrogens (primary N) is 1. The van der Waals surface area contributed by atoms with Crippen molar-refractivity contribution in [2.24, 2.45) is 5.73 Å². The molecule has 0 aromatic carbocycles. The van der Waals surface area contributed by atoms with Gasteiger partial charge in [-0.15, -0.1) is 0 Å². The lowest BCUT2D eigenvalue weighted by Crippen LogP contribution is -2.27. The predicted octanol–water partition coefficient (Wildman–Crippen LogP) is 11.8. The molecule has 0 rings (SSSR count). The van der Waals surface area contributed by atoms with Gasteiger partial charge < -0.3 is 25.2 Å². The molecule has 0 aliphatic heterocycles. The van der Waals surface area contributed by atoms with Crippen LogP contribution >= 0.6 is 7.82 Å². The maximum atomic E-state index is 12.5. The molecule has 0 aliphatic carbocycles. The normalized spacial score (nSPS) is 14.9. The summed E-state index contributed by atoms with van der Waals surface area (Å²) >= 11 is 0. The number of esters is 1. The number of ether oxygens (including phenoxy) is 2. The fraction of sp³-hybridized carbons (Fsp3) is 0.667. The molecule has 0 heterocycles. The zero-order valence-electron chi connectivity index (χ0n) is 34.5. The van der Waals surface area contributed by atoms with E-state index in [9.17, 15) is 19.4 Å². The Labute approximate surface area is 335 Å². The minimum absolute atomic E-state index is 0.0160. The Morgan fingerprint density at radius 1 is 0.673 bits per heavy atom. The fourth-order valence-corrected chi connectivity index (χ4v) is 6.13. The van der Waals surface area contributed by atoms with E-state index in [0.717, 1.165) is 38.5 Å². The molecule has 0 aliphatic rings. The van der Waals surface area contributed by atoms with Crippen molar-refractivity contribution in [2.75, 3.05) is 26.4 Å². The quantitative estimate of drug-likeness (QED) is 0.0139. The van der Waals surface area contributed by atoms with Crippen molar-refractivity contribution in [3.05, 3.63) is 85.3 Å². The molecular weight excluding hydrogens is 713 g/mol. The van der Waals surface area contributed by atoms with Gasteiger partial charge >= 0.3 is 13.8 Å². The predicted molar refractivity (Wildman–Crippen MR) is 230 cm³/mol. The van der Waals surface area contributed by atoms with E-state index >= 15 is 0 Å². The van der Waals surface area contributed by atoms with E-state index in [2.05, 4.69) is 38.2 Å². The lowest BCUT2D eigenvalue weighted by Gasteiger charge is -2.19. The smallest absolute Gasteiger partial charge is 0.472 e. The molecule has 10 heteroatoms. The van der Waals surface area contributed by atoms with Gasteiger partial charge in [0.25, 0.3) is 0 Å². The molecule has 3 atom stereocenters. The first-order valence-corrected chi connectivity index (χ1v) is 22.7. The zero-order valence-corrected chi connectivity index (χ0v) is 35.4. The first-order chi connectivity index (χ1) is 26.8. The van der Waals surface area contributed by atoms with Crippen LogP contribution in [0.25, 0.3) is 0 Å². The molecule has 0 bridgehead atoms. The molecule has 9 nitrogen and oxygen atoms in total. The number of phosphoric ester groups is 1. The van der Waals surface area contributed by atoms with Gasteiger partial charge in [-0.25, -0.2) is 4.57 Å². The Kier molecular flexibility index (Phi) is 39.2. The molecule has 316 valence electrons. The molecule has 55 heavy (non-hydrogen) atoms. The first-order valence-electron chi connectivity index (χ1n) is 21.2. The van der Waals surface area contributed by atoms with Gasteiger partial charge in [-0.2, -0.15) is 0 Å². The van der Waals surface area contributed by atoms with E-state index in [4.69, 9.17) is 24.3 Å². The average Bonchev–Trinajstić information content (AvgIpc) is 3.17. The second-order valence-electron chi connectivity index (χ2n) is 13.7. The minimum atomic E-state index is -4.33. The lowest BCUT2D eigenvalue weighted by molar-refractivity contribution is -0.153. The van der Waals surface area contributed by atoms with Crippen molar-refractivity contribution < 1.29 is 37.9 Å². The van der Waals surface area contributed by atoms with Gasteiger partial charge in [0.1, 0.15) is 6.61 Å². The van der Waals surface area contributed by atoms with Gasteiger partial charge in [-0.05, 0) is 57.4 Å². The summed E-state index contributed by atoms with van der Waals surface area (Å²) in [5, 5.41) is 9.99. The van der Waals surface area contributed by atoms with Crippen LogP contribution in [0.15, 0.2) is 85.3 Å². The van der Waals surface area contributed by atoms with Crippen LogP contribution < -0.4 is 5.73 Å².